The van der Waals surface area contributed by atoms with Crippen LogP contribution in [0.1, 0.15) is 26.3 Å². The molecule has 0 fully saturated rings. The van der Waals surface area contributed by atoms with Crippen LogP contribution in [0.2, 0.25) is 0 Å². The van der Waals surface area contributed by atoms with Crippen LogP contribution in [-0.4, -0.2) is 18.1 Å². The quantitative estimate of drug-likeness (QED) is 0.852. The van der Waals surface area contributed by atoms with Crippen LogP contribution in [-0.2, 0) is 9.53 Å². The molecule has 0 aliphatic heterocycles. The number of nitrogens with one attached hydrogen (secondary N) is 1. The first-order valence-corrected chi connectivity index (χ1v) is 5.37. The largest absolute Gasteiger partial charge is 0.366 e. The third kappa shape index (κ3) is 4.94. The van der Waals surface area contributed by atoms with Gasteiger partial charge in [0.15, 0.2) is 0 Å². The second kappa shape index (κ2) is 5.12. The average molecular weight is 221 g/mol. The van der Waals surface area contributed by atoms with E-state index in [0.717, 1.165) is 5.69 Å². The Morgan fingerprint density at radius 3 is 2.31 bits per heavy atom. The van der Waals surface area contributed by atoms with Gasteiger partial charge in [-0.15, -0.1) is 0 Å². The molecule has 0 aliphatic rings. The zero-order valence-electron chi connectivity index (χ0n) is 10.3. The number of carbonyl (C=O) groups excluding carboxylic acids is 1. The predicted molar refractivity (Wildman–Crippen MR) is 65.5 cm³/mol. The van der Waals surface area contributed by atoms with E-state index in [4.69, 9.17) is 4.74 Å². The number of anilines is 1. The molecule has 1 rings (SSSR count). The summed E-state index contributed by atoms with van der Waals surface area (Å²) in [6.45, 7) is 7.86. The summed E-state index contributed by atoms with van der Waals surface area (Å²) in [7, 11) is 0. The lowest BCUT2D eigenvalue weighted by Crippen LogP contribution is -2.27. The Bertz CT molecular complexity index is 349. The fraction of sp³-hybridized carbons (Fsp3) is 0.462. The van der Waals surface area contributed by atoms with Crippen LogP contribution in [0.25, 0.3) is 0 Å². The maximum atomic E-state index is 11.5. The molecule has 0 spiro atoms. The Morgan fingerprint density at radius 1 is 1.25 bits per heavy atom. The summed E-state index contributed by atoms with van der Waals surface area (Å²) in [5.41, 5.74) is 1.68. The lowest BCUT2D eigenvalue weighted by molar-refractivity contribution is -0.125. The number of ether oxygens (including phenoxy) is 1. The smallest absolute Gasteiger partial charge is 0.250 e. The first-order chi connectivity index (χ1) is 7.37. The predicted octanol–water partition coefficient (Wildman–Crippen LogP) is 2.75. The van der Waals surface area contributed by atoms with Crippen LogP contribution >= 0.6 is 0 Å². The minimum Gasteiger partial charge on any atom is -0.366 e. The Hall–Kier alpha value is -1.35. The van der Waals surface area contributed by atoms with Crippen molar-refractivity contribution in [3.05, 3.63) is 29.8 Å². The van der Waals surface area contributed by atoms with E-state index in [9.17, 15) is 4.79 Å². The van der Waals surface area contributed by atoms with Crippen LogP contribution in [0.4, 0.5) is 5.69 Å². The highest BCUT2D eigenvalue weighted by Crippen LogP contribution is 2.10. The van der Waals surface area contributed by atoms with Crippen LogP contribution < -0.4 is 5.32 Å². The van der Waals surface area contributed by atoms with Crippen molar-refractivity contribution < 1.29 is 9.53 Å². The second-order valence-corrected chi connectivity index (χ2v) is 4.82. The molecule has 0 bridgehead atoms. The highest BCUT2D eigenvalue weighted by atomic mass is 16.5. The topological polar surface area (TPSA) is 38.3 Å². The zero-order valence-corrected chi connectivity index (χ0v) is 10.3. The number of benzene rings is 1. The summed E-state index contributed by atoms with van der Waals surface area (Å²) < 4.78 is 5.38. The van der Waals surface area contributed by atoms with Gasteiger partial charge >= 0.3 is 0 Å². The molecule has 1 amide bonds. The highest BCUT2D eigenvalue weighted by Gasteiger charge is 2.12. The average Bonchev–Trinajstić information content (AvgIpc) is 2.18. The van der Waals surface area contributed by atoms with Crippen molar-refractivity contribution in [2.75, 3.05) is 11.9 Å². The maximum absolute atomic E-state index is 11.5. The van der Waals surface area contributed by atoms with E-state index in [1.54, 1.807) is 0 Å². The molecule has 88 valence electrons. The maximum Gasteiger partial charge on any atom is 0.250 e. The lowest BCUT2D eigenvalue weighted by atomic mass is 10.2. The fourth-order valence-corrected chi connectivity index (χ4v) is 1.12. The number of hydrogen-bond donors (Lipinski definition) is 1. The molecular formula is C13H19NO2. The van der Waals surface area contributed by atoms with Crippen molar-refractivity contribution in [3.8, 4) is 0 Å². The highest BCUT2D eigenvalue weighted by molar-refractivity contribution is 5.91. The van der Waals surface area contributed by atoms with Gasteiger partial charge in [-0.3, -0.25) is 4.79 Å². The Labute approximate surface area is 96.8 Å². The summed E-state index contributed by atoms with van der Waals surface area (Å²) in [6.07, 6.45) is 0. The second-order valence-electron chi connectivity index (χ2n) is 4.82. The minimum atomic E-state index is -0.287. The Kier molecular flexibility index (Phi) is 4.07. The monoisotopic (exact) mass is 221 g/mol. The number of hydrogen-bond acceptors (Lipinski definition) is 2. The Balaban J connectivity index is 2.43. The van der Waals surface area contributed by atoms with Gasteiger partial charge in [0.05, 0.1) is 5.60 Å². The van der Waals surface area contributed by atoms with Gasteiger partial charge in [0, 0.05) is 5.69 Å². The zero-order chi connectivity index (χ0) is 12.2. The van der Waals surface area contributed by atoms with E-state index in [-0.39, 0.29) is 18.1 Å². The van der Waals surface area contributed by atoms with Crippen LogP contribution in [0.5, 0.6) is 0 Å². The molecule has 0 aliphatic carbocycles. The van der Waals surface area contributed by atoms with Crippen molar-refractivity contribution in [2.24, 2.45) is 0 Å². The molecule has 0 aromatic heterocycles. The number of rotatable bonds is 3. The summed E-state index contributed by atoms with van der Waals surface area (Å²) in [5, 5.41) is 2.78. The molecule has 1 N–H and O–H groups in total. The minimum absolute atomic E-state index is 0.0807. The van der Waals surface area contributed by atoms with Crippen LogP contribution in [0.15, 0.2) is 24.3 Å². The van der Waals surface area contributed by atoms with Gasteiger partial charge in [0.2, 0.25) is 5.91 Å². The molecule has 0 saturated heterocycles. The van der Waals surface area contributed by atoms with Gasteiger partial charge in [0.25, 0.3) is 0 Å². The lowest BCUT2D eigenvalue weighted by Gasteiger charge is -2.18. The molecule has 3 nitrogen and oxygen atoms in total. The van der Waals surface area contributed by atoms with E-state index >= 15 is 0 Å². The first kappa shape index (κ1) is 12.7. The summed E-state index contributed by atoms with van der Waals surface area (Å²) >= 11 is 0. The van der Waals surface area contributed by atoms with Gasteiger partial charge in [-0.05, 0) is 39.8 Å². The number of carbonyl (C=O) groups is 1. The molecule has 3 heteroatoms. The van der Waals surface area contributed by atoms with E-state index < -0.39 is 0 Å². The van der Waals surface area contributed by atoms with E-state index in [2.05, 4.69) is 5.32 Å². The molecule has 1 aromatic rings. The van der Waals surface area contributed by atoms with Crippen molar-refractivity contribution in [1.29, 1.82) is 0 Å². The van der Waals surface area contributed by atoms with E-state index in [0.29, 0.717) is 0 Å². The summed E-state index contributed by atoms with van der Waals surface area (Å²) in [4.78, 5) is 11.5. The van der Waals surface area contributed by atoms with Gasteiger partial charge < -0.3 is 10.1 Å². The van der Waals surface area contributed by atoms with Gasteiger partial charge in [-0.25, -0.2) is 0 Å². The van der Waals surface area contributed by atoms with Gasteiger partial charge in [-0.1, -0.05) is 17.7 Å². The van der Waals surface area contributed by atoms with Crippen LogP contribution in [0, 0.1) is 6.92 Å². The third-order valence-corrected chi connectivity index (χ3v) is 1.97. The van der Waals surface area contributed by atoms with Crippen molar-refractivity contribution in [1.82, 2.24) is 0 Å². The van der Waals surface area contributed by atoms with E-state index in [1.165, 1.54) is 5.56 Å². The third-order valence-electron chi connectivity index (χ3n) is 1.97. The molecule has 0 heterocycles. The fourth-order valence-electron chi connectivity index (χ4n) is 1.12. The summed E-state index contributed by atoms with van der Waals surface area (Å²) in [6, 6.07) is 7.68. The molecule has 0 unspecified atom stereocenters. The van der Waals surface area contributed by atoms with E-state index in [1.807, 2.05) is 52.0 Å². The van der Waals surface area contributed by atoms with Gasteiger partial charge in [0.1, 0.15) is 6.61 Å². The SMILES string of the molecule is Cc1ccc(NC(=O)COC(C)(C)C)cc1. The number of aryl methyl sites for hydroxylation is 1. The molecular weight excluding hydrogens is 202 g/mol. The standard InChI is InChI=1S/C13H19NO2/c1-10-5-7-11(8-6-10)14-12(15)9-16-13(2,3)4/h5-8H,9H2,1-4H3,(H,14,15). The van der Waals surface area contributed by atoms with Crippen LogP contribution in [0.3, 0.4) is 0 Å². The molecule has 1 aromatic carbocycles. The Morgan fingerprint density at radius 2 is 1.81 bits per heavy atom. The van der Waals surface area contributed by atoms with Gasteiger partial charge in [-0.2, -0.15) is 0 Å². The molecule has 16 heavy (non-hydrogen) atoms. The summed E-state index contributed by atoms with van der Waals surface area (Å²) in [5.74, 6) is -0.126. The molecule has 0 atom stereocenters. The molecule has 0 saturated carbocycles. The van der Waals surface area contributed by atoms with Crippen molar-refractivity contribution in [2.45, 2.75) is 33.3 Å². The normalized spacial score (nSPS) is 11.2. The van der Waals surface area contributed by atoms with Crippen molar-refractivity contribution >= 4 is 11.6 Å². The van der Waals surface area contributed by atoms with Crippen molar-refractivity contribution in [3.63, 3.8) is 0 Å². The molecule has 0 radical (unpaired) electrons. The number of amides is 1. The first-order valence-electron chi connectivity index (χ1n) is 5.37.